The highest BCUT2D eigenvalue weighted by atomic mass is 35.5. The predicted octanol–water partition coefficient (Wildman–Crippen LogP) is 4.10. The Kier molecular flexibility index (Phi) is 6.98. The van der Waals surface area contributed by atoms with Gasteiger partial charge in [-0.05, 0) is 55.8 Å². The van der Waals surface area contributed by atoms with Crippen LogP contribution in [-0.4, -0.2) is 59.3 Å². The average Bonchev–Trinajstić information content (AvgIpc) is 2.68. The lowest BCUT2D eigenvalue weighted by atomic mass is 9.80. The maximum atomic E-state index is 9.21. The van der Waals surface area contributed by atoms with Crippen molar-refractivity contribution in [2.24, 2.45) is 11.8 Å². The van der Waals surface area contributed by atoms with E-state index >= 15 is 0 Å². The molecule has 2 aliphatic heterocycles. The fourth-order valence-electron chi connectivity index (χ4n) is 4.55. The monoisotopic (exact) mass is 449 g/mol. The summed E-state index contributed by atoms with van der Waals surface area (Å²) in [6, 6.07) is 5.52. The molecule has 162 valence electrons. The van der Waals surface area contributed by atoms with E-state index in [9.17, 15) is 5.11 Å². The molecule has 0 saturated carbocycles. The molecule has 0 bridgehead atoms. The van der Waals surface area contributed by atoms with E-state index in [2.05, 4.69) is 20.1 Å². The zero-order chi connectivity index (χ0) is 21.1. The molecule has 8 heteroatoms. The Morgan fingerprint density at radius 3 is 2.80 bits per heavy atom. The third-order valence-electron chi connectivity index (χ3n) is 6.27. The summed E-state index contributed by atoms with van der Waals surface area (Å²) in [7, 11) is 0. The second-order valence-corrected chi connectivity index (χ2v) is 9.23. The van der Waals surface area contributed by atoms with Crippen LogP contribution in [0.25, 0.3) is 0 Å². The van der Waals surface area contributed by atoms with Gasteiger partial charge in [-0.25, -0.2) is 4.98 Å². The number of benzene rings is 1. The quantitative estimate of drug-likeness (QED) is 0.663. The third kappa shape index (κ3) is 4.99. The van der Waals surface area contributed by atoms with E-state index in [1.165, 1.54) is 12.8 Å². The predicted molar refractivity (Wildman–Crippen MR) is 122 cm³/mol. The van der Waals surface area contributed by atoms with E-state index in [0.717, 1.165) is 49.9 Å². The van der Waals surface area contributed by atoms with Gasteiger partial charge < -0.3 is 20.2 Å². The van der Waals surface area contributed by atoms with Crippen LogP contribution in [0.5, 0.6) is 0 Å². The standard InChI is InChI=1S/C22H29Cl2N5O/c1-15(19-5-4-18(23)9-20(19)24)26-21-10-25-11-22(27-21)29-13-17(14-29)16-3-2-6-28(12-16)7-8-30/h4-5,9-11,15-17,30H,2-3,6-8,12-14H2,1H3,(H,26,27)/t15-,16-/m1/s1. The second kappa shape index (κ2) is 9.69. The fraction of sp³-hybridized carbons (Fsp3) is 0.545. The van der Waals surface area contributed by atoms with E-state index in [-0.39, 0.29) is 12.6 Å². The summed E-state index contributed by atoms with van der Waals surface area (Å²) < 4.78 is 0. The van der Waals surface area contributed by atoms with E-state index < -0.39 is 0 Å². The highest BCUT2D eigenvalue weighted by molar-refractivity contribution is 6.35. The van der Waals surface area contributed by atoms with Crippen molar-refractivity contribution in [1.29, 1.82) is 0 Å². The van der Waals surface area contributed by atoms with Crippen molar-refractivity contribution < 1.29 is 5.11 Å². The van der Waals surface area contributed by atoms with Crippen molar-refractivity contribution in [3.8, 4) is 0 Å². The van der Waals surface area contributed by atoms with Gasteiger partial charge in [0.25, 0.3) is 0 Å². The number of aromatic nitrogens is 2. The van der Waals surface area contributed by atoms with E-state index in [1.807, 2.05) is 25.3 Å². The van der Waals surface area contributed by atoms with Crippen LogP contribution in [0, 0.1) is 11.8 Å². The van der Waals surface area contributed by atoms with Crippen molar-refractivity contribution in [2.45, 2.75) is 25.8 Å². The third-order valence-corrected chi connectivity index (χ3v) is 6.84. The smallest absolute Gasteiger partial charge is 0.149 e. The Balaban J connectivity index is 1.34. The molecular formula is C22H29Cl2N5O. The second-order valence-electron chi connectivity index (χ2n) is 8.39. The lowest BCUT2D eigenvalue weighted by molar-refractivity contribution is 0.101. The van der Waals surface area contributed by atoms with Gasteiger partial charge in [0, 0.05) is 36.2 Å². The van der Waals surface area contributed by atoms with Crippen LogP contribution in [-0.2, 0) is 0 Å². The minimum absolute atomic E-state index is 0.0109. The van der Waals surface area contributed by atoms with Crippen LogP contribution in [0.4, 0.5) is 11.6 Å². The lowest BCUT2D eigenvalue weighted by Gasteiger charge is -2.47. The molecule has 2 aliphatic rings. The molecule has 4 rings (SSSR count). The Labute approximate surface area is 188 Å². The summed E-state index contributed by atoms with van der Waals surface area (Å²) in [4.78, 5) is 13.9. The van der Waals surface area contributed by atoms with Crippen LogP contribution < -0.4 is 10.2 Å². The van der Waals surface area contributed by atoms with Gasteiger partial charge in [-0.3, -0.25) is 4.98 Å². The molecular weight excluding hydrogens is 421 g/mol. The van der Waals surface area contributed by atoms with Gasteiger partial charge in [0.2, 0.25) is 0 Å². The molecule has 2 aromatic rings. The summed E-state index contributed by atoms with van der Waals surface area (Å²) in [6.45, 7) is 7.35. The summed E-state index contributed by atoms with van der Waals surface area (Å²) in [5.41, 5.74) is 0.974. The van der Waals surface area contributed by atoms with Gasteiger partial charge in [-0.2, -0.15) is 0 Å². The van der Waals surface area contributed by atoms with Gasteiger partial charge >= 0.3 is 0 Å². The molecule has 3 heterocycles. The first kappa shape index (κ1) is 21.6. The van der Waals surface area contributed by atoms with Gasteiger partial charge in [-0.1, -0.05) is 29.3 Å². The normalized spacial score (nSPS) is 21.3. The van der Waals surface area contributed by atoms with Crippen LogP contribution in [0.2, 0.25) is 10.0 Å². The van der Waals surface area contributed by atoms with E-state index in [1.54, 1.807) is 12.3 Å². The summed E-state index contributed by atoms with van der Waals surface area (Å²) in [5.74, 6) is 3.05. The highest BCUT2D eigenvalue weighted by Gasteiger charge is 2.36. The Bertz CT molecular complexity index is 859. The first-order chi connectivity index (χ1) is 14.5. The number of hydrogen-bond donors (Lipinski definition) is 2. The molecule has 1 aromatic carbocycles. The molecule has 0 aliphatic carbocycles. The lowest BCUT2D eigenvalue weighted by Crippen LogP contribution is -2.54. The fourth-order valence-corrected chi connectivity index (χ4v) is 5.12. The number of hydrogen-bond acceptors (Lipinski definition) is 6. The number of aliphatic hydroxyl groups is 1. The van der Waals surface area contributed by atoms with Crippen LogP contribution >= 0.6 is 23.2 Å². The summed E-state index contributed by atoms with van der Waals surface area (Å²) in [6.07, 6.45) is 6.09. The molecule has 0 spiro atoms. The van der Waals surface area contributed by atoms with Gasteiger partial charge in [0.1, 0.15) is 11.6 Å². The van der Waals surface area contributed by atoms with Gasteiger partial charge in [-0.15, -0.1) is 0 Å². The molecule has 2 atom stereocenters. The van der Waals surface area contributed by atoms with Crippen molar-refractivity contribution >= 4 is 34.8 Å². The van der Waals surface area contributed by atoms with Crippen molar-refractivity contribution in [3.63, 3.8) is 0 Å². The van der Waals surface area contributed by atoms with Crippen molar-refractivity contribution in [3.05, 3.63) is 46.2 Å². The number of aliphatic hydroxyl groups excluding tert-OH is 1. The van der Waals surface area contributed by atoms with Gasteiger partial charge in [0.15, 0.2) is 0 Å². The minimum atomic E-state index is -0.0109. The molecule has 30 heavy (non-hydrogen) atoms. The Morgan fingerprint density at radius 1 is 1.20 bits per heavy atom. The number of piperidine rings is 1. The first-order valence-electron chi connectivity index (χ1n) is 10.6. The van der Waals surface area contributed by atoms with Crippen molar-refractivity contribution in [2.75, 3.05) is 49.5 Å². The zero-order valence-electron chi connectivity index (χ0n) is 17.3. The van der Waals surface area contributed by atoms with Crippen LogP contribution in [0.3, 0.4) is 0 Å². The van der Waals surface area contributed by atoms with Crippen LogP contribution in [0.15, 0.2) is 30.6 Å². The van der Waals surface area contributed by atoms with Crippen LogP contribution in [0.1, 0.15) is 31.4 Å². The first-order valence-corrected chi connectivity index (χ1v) is 11.4. The molecule has 0 amide bonds. The largest absolute Gasteiger partial charge is 0.395 e. The number of nitrogens with one attached hydrogen (secondary N) is 1. The molecule has 0 radical (unpaired) electrons. The average molecular weight is 450 g/mol. The maximum Gasteiger partial charge on any atom is 0.149 e. The molecule has 0 unspecified atom stereocenters. The number of anilines is 2. The summed E-state index contributed by atoms with van der Waals surface area (Å²) in [5, 5.41) is 13.9. The van der Waals surface area contributed by atoms with E-state index in [0.29, 0.717) is 21.9 Å². The van der Waals surface area contributed by atoms with Crippen molar-refractivity contribution in [1.82, 2.24) is 14.9 Å². The van der Waals surface area contributed by atoms with Gasteiger partial charge in [0.05, 0.1) is 25.0 Å². The Hall–Kier alpha value is -1.60. The Morgan fingerprint density at radius 2 is 2.03 bits per heavy atom. The van der Waals surface area contributed by atoms with E-state index in [4.69, 9.17) is 28.2 Å². The molecule has 2 N–H and O–H groups in total. The zero-order valence-corrected chi connectivity index (χ0v) is 18.8. The topological polar surface area (TPSA) is 64.5 Å². The highest BCUT2D eigenvalue weighted by Crippen LogP contribution is 2.34. The number of rotatable bonds is 7. The number of nitrogens with zero attached hydrogens (tertiary/aromatic N) is 4. The number of halogens is 2. The molecule has 1 aromatic heterocycles. The number of β-amino-alcohol motifs (C(OH)–C–C–N with tert-alkyl or cyclic N) is 1. The maximum absolute atomic E-state index is 9.21. The molecule has 2 saturated heterocycles. The SMILES string of the molecule is C[C@@H](Nc1cncc(N2CC([C@@H]3CCCN(CCO)C3)C2)n1)c1ccc(Cl)cc1Cl. The molecule has 2 fully saturated rings. The molecule has 6 nitrogen and oxygen atoms in total. The number of likely N-dealkylation sites (tertiary alicyclic amines) is 1. The summed E-state index contributed by atoms with van der Waals surface area (Å²) >= 11 is 12.3. The minimum Gasteiger partial charge on any atom is -0.395 e.